The van der Waals surface area contributed by atoms with Gasteiger partial charge in [0.15, 0.2) is 0 Å². The average molecular weight is 132 g/mol. The first kappa shape index (κ1) is 3.84. The zero-order valence-corrected chi connectivity index (χ0v) is 5.51. The van der Waals surface area contributed by atoms with Gasteiger partial charge in [-0.25, -0.2) is 0 Å². The van der Waals surface area contributed by atoms with Crippen LogP contribution in [0.15, 0.2) is 10.2 Å². The molecule has 4 atom stereocenters. The van der Waals surface area contributed by atoms with Crippen molar-refractivity contribution in [3.8, 4) is 0 Å². The summed E-state index contributed by atoms with van der Waals surface area (Å²) in [5, 5.41) is 8.78. The van der Waals surface area contributed by atoms with Crippen LogP contribution >= 0.6 is 0 Å². The smallest absolute Gasteiger partial charge is 0.0777 e. The molecule has 0 N–H and O–H groups in total. The molecule has 2 heterocycles. The lowest BCUT2D eigenvalue weighted by atomic mass is 9.91. The van der Waals surface area contributed by atoms with E-state index in [0.717, 1.165) is 47.6 Å². The van der Waals surface area contributed by atoms with Gasteiger partial charge in [-0.15, -0.1) is 0 Å². The molecule has 6 rings (SSSR count). The molecule has 4 unspecified atom stereocenters. The van der Waals surface area contributed by atoms with E-state index in [2.05, 4.69) is 10.2 Å². The minimum absolute atomic E-state index is 0.731. The summed E-state index contributed by atoms with van der Waals surface area (Å²) in [6, 6.07) is 1.46. The summed E-state index contributed by atoms with van der Waals surface area (Å²) in [7, 11) is 0. The Hall–Kier alpha value is -0.400. The second kappa shape index (κ2) is 0.758. The van der Waals surface area contributed by atoms with Crippen molar-refractivity contribution in [3.05, 3.63) is 0 Å². The summed E-state index contributed by atoms with van der Waals surface area (Å²) < 4.78 is 0. The first-order valence-electron chi connectivity index (χ1n) is 4.38. The fraction of sp³-hybridized carbons (Fsp3) is 1.00. The Morgan fingerprint density at radius 1 is 0.500 bits per heavy atom. The van der Waals surface area contributed by atoms with Gasteiger partial charge in [-0.3, -0.25) is 0 Å². The van der Waals surface area contributed by atoms with E-state index in [-0.39, 0.29) is 0 Å². The van der Waals surface area contributed by atoms with Gasteiger partial charge in [0, 0.05) is 0 Å². The molecule has 2 nitrogen and oxygen atoms in total. The molecule has 0 spiro atoms. The molecule has 10 heavy (non-hydrogen) atoms. The Bertz CT molecular complexity index is 237. The minimum atomic E-state index is 0.731. The predicted molar refractivity (Wildman–Crippen MR) is 33.4 cm³/mol. The van der Waals surface area contributed by atoms with Crippen molar-refractivity contribution in [1.82, 2.24) is 0 Å². The maximum Gasteiger partial charge on any atom is 0.0777 e. The highest BCUT2D eigenvalue weighted by Crippen LogP contribution is 2.86. The summed E-state index contributed by atoms with van der Waals surface area (Å²) in [4.78, 5) is 0. The summed E-state index contributed by atoms with van der Waals surface area (Å²) in [6.45, 7) is 0. The molecular formula is C8H8N2. The lowest BCUT2D eigenvalue weighted by Gasteiger charge is -2.26. The molecule has 0 saturated heterocycles. The monoisotopic (exact) mass is 132 g/mol. The van der Waals surface area contributed by atoms with Crippen molar-refractivity contribution in [2.75, 3.05) is 0 Å². The molecule has 2 aliphatic heterocycles. The van der Waals surface area contributed by atoms with E-state index >= 15 is 0 Å². The van der Waals surface area contributed by atoms with E-state index in [1.807, 2.05) is 0 Å². The Morgan fingerprint density at radius 3 is 1.20 bits per heavy atom. The van der Waals surface area contributed by atoms with E-state index in [1.54, 1.807) is 0 Å². The maximum absolute atomic E-state index is 4.39. The summed E-state index contributed by atoms with van der Waals surface area (Å²) in [5.41, 5.74) is 0. The van der Waals surface area contributed by atoms with Gasteiger partial charge in [-0.2, -0.15) is 10.2 Å². The first-order chi connectivity index (χ1) is 4.98. The number of azo groups is 1. The van der Waals surface area contributed by atoms with Gasteiger partial charge in [0.2, 0.25) is 0 Å². The van der Waals surface area contributed by atoms with Gasteiger partial charge >= 0.3 is 0 Å². The Kier molecular flexibility index (Phi) is 0.291. The van der Waals surface area contributed by atoms with E-state index in [9.17, 15) is 0 Å². The molecular weight excluding hydrogens is 124 g/mol. The zero-order chi connectivity index (χ0) is 6.03. The summed E-state index contributed by atoms with van der Waals surface area (Å²) in [5.74, 6) is 6.43. The highest BCUT2D eigenvalue weighted by atomic mass is 15.3. The van der Waals surface area contributed by atoms with Gasteiger partial charge in [0.1, 0.15) is 0 Å². The lowest BCUT2D eigenvalue weighted by Crippen LogP contribution is -2.30. The van der Waals surface area contributed by atoms with Crippen molar-refractivity contribution in [2.24, 2.45) is 45.7 Å². The van der Waals surface area contributed by atoms with Gasteiger partial charge in [-0.05, 0) is 35.5 Å². The molecule has 6 aliphatic rings. The molecule has 2 bridgehead atoms. The van der Waals surface area contributed by atoms with Gasteiger partial charge in [-0.1, -0.05) is 0 Å². The fourth-order valence-corrected chi connectivity index (χ4v) is 4.59. The van der Waals surface area contributed by atoms with Gasteiger partial charge in [0.25, 0.3) is 0 Å². The number of rotatable bonds is 0. The molecule has 0 aromatic carbocycles. The summed E-state index contributed by atoms with van der Waals surface area (Å²) >= 11 is 0. The second-order valence-corrected chi connectivity index (χ2v) is 4.68. The van der Waals surface area contributed by atoms with Crippen LogP contribution in [0.5, 0.6) is 0 Å². The normalized spacial score (nSPS) is 89.6. The first-order valence-corrected chi connectivity index (χ1v) is 4.38. The predicted octanol–water partition coefficient (Wildman–Crippen LogP) is 0.941. The van der Waals surface area contributed by atoms with E-state index in [1.165, 1.54) is 0 Å². The summed E-state index contributed by atoms with van der Waals surface area (Å²) in [6.07, 6.45) is 0. The van der Waals surface area contributed by atoms with Crippen LogP contribution in [-0.4, -0.2) is 12.1 Å². The van der Waals surface area contributed by atoms with Crippen LogP contribution in [-0.2, 0) is 0 Å². The van der Waals surface area contributed by atoms with Crippen molar-refractivity contribution in [1.29, 1.82) is 0 Å². The average Bonchev–Trinajstić information content (AvgIpc) is 2.73. The van der Waals surface area contributed by atoms with E-state index in [0.29, 0.717) is 0 Å². The molecule has 0 aromatic rings. The van der Waals surface area contributed by atoms with Crippen LogP contribution in [0.1, 0.15) is 0 Å². The highest BCUT2D eigenvalue weighted by molar-refractivity contribution is 5.38. The Labute approximate surface area is 58.7 Å². The van der Waals surface area contributed by atoms with Crippen LogP contribution in [0.2, 0.25) is 0 Å². The molecule has 2 heteroatoms. The van der Waals surface area contributed by atoms with Crippen molar-refractivity contribution in [2.45, 2.75) is 12.1 Å². The van der Waals surface area contributed by atoms with E-state index < -0.39 is 0 Å². The van der Waals surface area contributed by atoms with Gasteiger partial charge < -0.3 is 0 Å². The minimum Gasteiger partial charge on any atom is -0.190 e. The van der Waals surface area contributed by atoms with Gasteiger partial charge in [0.05, 0.1) is 12.1 Å². The molecule has 4 fully saturated rings. The van der Waals surface area contributed by atoms with Crippen molar-refractivity contribution in [3.63, 3.8) is 0 Å². The van der Waals surface area contributed by atoms with Crippen LogP contribution in [0.25, 0.3) is 0 Å². The van der Waals surface area contributed by atoms with Crippen molar-refractivity contribution >= 4 is 0 Å². The molecule has 0 amide bonds. The molecule has 0 radical (unpaired) electrons. The SMILES string of the molecule is N1=NC2C3C4C1C1C2C1C43. The van der Waals surface area contributed by atoms with Crippen LogP contribution in [0.3, 0.4) is 0 Å². The quantitative estimate of drug-likeness (QED) is 0.468. The number of hydrogen-bond acceptors (Lipinski definition) is 2. The van der Waals surface area contributed by atoms with Crippen LogP contribution < -0.4 is 0 Å². The third-order valence-corrected chi connectivity index (χ3v) is 4.74. The molecule has 0 aromatic heterocycles. The largest absolute Gasteiger partial charge is 0.190 e. The van der Waals surface area contributed by atoms with Crippen molar-refractivity contribution < 1.29 is 0 Å². The highest BCUT2D eigenvalue weighted by Gasteiger charge is 2.89. The lowest BCUT2D eigenvalue weighted by molar-refractivity contribution is 0.289. The van der Waals surface area contributed by atoms with Crippen LogP contribution in [0.4, 0.5) is 0 Å². The maximum atomic E-state index is 4.39. The standard InChI is InChI=1S/C8H8N2/c9-7-3-1-2-5(7)6(2)8(10-9)4(1)3/h1-8H. The Morgan fingerprint density at radius 2 is 0.900 bits per heavy atom. The number of hydrogen-bond donors (Lipinski definition) is 0. The van der Waals surface area contributed by atoms with Crippen LogP contribution in [0, 0.1) is 35.5 Å². The molecule has 50 valence electrons. The molecule has 4 saturated carbocycles. The third-order valence-electron chi connectivity index (χ3n) is 4.74. The third kappa shape index (κ3) is 0.166. The number of nitrogens with zero attached hydrogens (tertiary/aromatic N) is 2. The molecule has 4 aliphatic carbocycles. The van der Waals surface area contributed by atoms with E-state index in [4.69, 9.17) is 0 Å². The fourth-order valence-electron chi connectivity index (χ4n) is 4.59. The second-order valence-electron chi connectivity index (χ2n) is 4.68. The Balaban J connectivity index is 1.98. The zero-order valence-electron chi connectivity index (χ0n) is 5.51. The topological polar surface area (TPSA) is 24.7 Å².